The molecule has 4 heteroatoms. The zero-order valence-corrected chi connectivity index (χ0v) is 9.10. The van der Waals surface area contributed by atoms with Gasteiger partial charge < -0.3 is 5.32 Å². The van der Waals surface area contributed by atoms with Crippen LogP contribution in [0.5, 0.6) is 0 Å². The minimum Gasteiger partial charge on any atom is -0.311 e. The molecule has 2 aliphatic heterocycles. The van der Waals surface area contributed by atoms with Gasteiger partial charge in [0.25, 0.3) is 0 Å². The fraction of sp³-hybridized carbons (Fsp3) is 0.583. The zero-order valence-electron chi connectivity index (χ0n) is 9.10. The van der Waals surface area contributed by atoms with Gasteiger partial charge in [0.1, 0.15) is 5.69 Å². The van der Waals surface area contributed by atoms with E-state index in [4.69, 9.17) is 0 Å². The minimum atomic E-state index is 0.149. The highest BCUT2D eigenvalue weighted by Gasteiger charge is 2.37. The molecule has 16 heavy (non-hydrogen) atoms. The zero-order chi connectivity index (χ0) is 11.0. The molecule has 0 aromatic carbocycles. The van der Waals surface area contributed by atoms with Gasteiger partial charge in [-0.2, -0.15) is 0 Å². The summed E-state index contributed by atoms with van der Waals surface area (Å²) < 4.78 is 0. The number of hydrogen-bond donors (Lipinski definition) is 1. The molecule has 0 amide bonds. The number of ketones is 1. The van der Waals surface area contributed by atoms with Gasteiger partial charge in [-0.25, -0.2) is 4.98 Å². The number of fused-ring (bicyclic) bond motifs is 2. The number of hydrogen-bond acceptors (Lipinski definition) is 4. The third-order valence-corrected chi connectivity index (χ3v) is 3.66. The molecular formula is C12H15N3O. The summed E-state index contributed by atoms with van der Waals surface area (Å²) in [4.78, 5) is 20.2. The van der Waals surface area contributed by atoms with Crippen LogP contribution in [-0.4, -0.2) is 27.8 Å². The fourth-order valence-electron chi connectivity index (χ4n) is 2.91. The summed E-state index contributed by atoms with van der Waals surface area (Å²) in [6.45, 7) is 0. The molecule has 4 nitrogen and oxygen atoms in total. The van der Waals surface area contributed by atoms with Crippen LogP contribution in [0.1, 0.15) is 36.2 Å². The van der Waals surface area contributed by atoms with Gasteiger partial charge >= 0.3 is 0 Å². The predicted octanol–water partition coefficient (Wildman–Crippen LogP) is 1.19. The van der Waals surface area contributed by atoms with E-state index in [0.717, 1.165) is 12.8 Å². The molecule has 2 saturated heterocycles. The molecule has 2 unspecified atom stereocenters. The molecule has 2 atom stereocenters. The van der Waals surface area contributed by atoms with E-state index in [1.165, 1.54) is 12.8 Å². The molecule has 2 fully saturated rings. The van der Waals surface area contributed by atoms with E-state index in [-0.39, 0.29) is 11.7 Å². The van der Waals surface area contributed by atoms with Crippen LogP contribution in [0.15, 0.2) is 18.6 Å². The summed E-state index contributed by atoms with van der Waals surface area (Å²) in [6, 6.07) is 1.09. The van der Waals surface area contributed by atoms with Gasteiger partial charge in [0, 0.05) is 30.4 Å². The Bertz CT molecular complexity index is 381. The quantitative estimate of drug-likeness (QED) is 0.756. The number of carbonyl (C=O) groups is 1. The van der Waals surface area contributed by atoms with E-state index in [2.05, 4.69) is 15.3 Å². The number of nitrogens with one attached hydrogen (secondary N) is 1. The van der Waals surface area contributed by atoms with Crippen LogP contribution in [0.4, 0.5) is 0 Å². The Labute approximate surface area is 94.5 Å². The third-order valence-electron chi connectivity index (χ3n) is 3.66. The van der Waals surface area contributed by atoms with Crippen molar-refractivity contribution in [2.45, 2.75) is 37.8 Å². The Morgan fingerprint density at radius 2 is 2.00 bits per heavy atom. The summed E-state index contributed by atoms with van der Waals surface area (Å²) in [6.07, 6.45) is 9.12. The van der Waals surface area contributed by atoms with Crippen LogP contribution in [0.3, 0.4) is 0 Å². The molecule has 1 aromatic heterocycles. The number of piperidine rings is 1. The molecule has 1 N–H and O–H groups in total. The highest BCUT2D eigenvalue weighted by Crippen LogP contribution is 2.32. The first kappa shape index (κ1) is 9.90. The van der Waals surface area contributed by atoms with Crippen LogP contribution in [0.2, 0.25) is 0 Å². The van der Waals surface area contributed by atoms with Gasteiger partial charge in [0.2, 0.25) is 0 Å². The van der Waals surface area contributed by atoms with Gasteiger partial charge in [-0.3, -0.25) is 9.78 Å². The first-order valence-electron chi connectivity index (χ1n) is 5.89. The second-order valence-electron chi connectivity index (χ2n) is 4.76. The molecule has 0 aliphatic carbocycles. The molecule has 3 rings (SSSR count). The first-order valence-corrected chi connectivity index (χ1v) is 5.89. The molecule has 1 aromatic rings. The summed E-state index contributed by atoms with van der Waals surface area (Å²) in [5.74, 6) is 0.321. The molecule has 0 saturated carbocycles. The van der Waals surface area contributed by atoms with Gasteiger partial charge in [-0.05, 0) is 25.7 Å². The Balaban J connectivity index is 1.76. The van der Waals surface area contributed by atoms with Gasteiger partial charge in [0.05, 0.1) is 6.20 Å². The molecule has 2 bridgehead atoms. The van der Waals surface area contributed by atoms with E-state index in [0.29, 0.717) is 17.8 Å². The van der Waals surface area contributed by atoms with E-state index >= 15 is 0 Å². The number of nitrogens with zero attached hydrogens (tertiary/aromatic N) is 2. The maximum Gasteiger partial charge on any atom is 0.185 e. The Morgan fingerprint density at radius 1 is 1.25 bits per heavy atom. The van der Waals surface area contributed by atoms with Crippen LogP contribution < -0.4 is 5.32 Å². The lowest BCUT2D eigenvalue weighted by Crippen LogP contribution is -2.40. The first-order chi connectivity index (χ1) is 7.83. The smallest absolute Gasteiger partial charge is 0.185 e. The maximum atomic E-state index is 12.2. The molecular weight excluding hydrogens is 202 g/mol. The normalized spacial score (nSPS) is 32.6. The second kappa shape index (κ2) is 3.94. The molecule has 84 valence electrons. The summed E-state index contributed by atoms with van der Waals surface area (Å²) in [5, 5.41) is 3.54. The van der Waals surface area contributed by atoms with Crippen molar-refractivity contribution in [1.29, 1.82) is 0 Å². The van der Waals surface area contributed by atoms with Crippen LogP contribution in [0, 0.1) is 5.92 Å². The van der Waals surface area contributed by atoms with Crippen molar-refractivity contribution in [3.8, 4) is 0 Å². The van der Waals surface area contributed by atoms with Crippen molar-refractivity contribution in [1.82, 2.24) is 15.3 Å². The number of carbonyl (C=O) groups excluding carboxylic acids is 1. The van der Waals surface area contributed by atoms with E-state index < -0.39 is 0 Å². The van der Waals surface area contributed by atoms with Crippen molar-refractivity contribution >= 4 is 5.78 Å². The Morgan fingerprint density at radius 3 is 2.62 bits per heavy atom. The van der Waals surface area contributed by atoms with Crippen LogP contribution >= 0.6 is 0 Å². The highest BCUT2D eigenvalue weighted by atomic mass is 16.1. The van der Waals surface area contributed by atoms with Gasteiger partial charge in [-0.1, -0.05) is 0 Å². The van der Waals surface area contributed by atoms with Crippen molar-refractivity contribution < 1.29 is 4.79 Å². The second-order valence-corrected chi connectivity index (χ2v) is 4.76. The standard InChI is InChI=1S/C12H15N3O/c16-12(11-7-13-3-4-14-11)8-5-9-1-2-10(6-8)15-9/h3-4,7-10,15H,1-2,5-6H2. The third kappa shape index (κ3) is 1.73. The molecule has 3 heterocycles. The molecule has 2 aliphatic rings. The Hall–Kier alpha value is -1.29. The average Bonchev–Trinajstić information content (AvgIpc) is 2.68. The average molecular weight is 217 g/mol. The molecule has 0 radical (unpaired) electrons. The van der Waals surface area contributed by atoms with E-state index in [9.17, 15) is 4.79 Å². The lowest BCUT2D eigenvalue weighted by molar-refractivity contribution is 0.0870. The van der Waals surface area contributed by atoms with E-state index in [1.807, 2.05) is 0 Å². The van der Waals surface area contributed by atoms with Crippen molar-refractivity contribution in [3.05, 3.63) is 24.3 Å². The maximum absolute atomic E-state index is 12.2. The fourth-order valence-corrected chi connectivity index (χ4v) is 2.91. The SMILES string of the molecule is O=C(c1cnccn1)C1CC2CCC(C1)N2. The van der Waals surface area contributed by atoms with Crippen LogP contribution in [0.25, 0.3) is 0 Å². The predicted molar refractivity (Wildman–Crippen MR) is 59.0 cm³/mol. The lowest BCUT2D eigenvalue weighted by Gasteiger charge is -2.27. The summed E-state index contributed by atoms with van der Waals surface area (Å²) in [7, 11) is 0. The summed E-state index contributed by atoms with van der Waals surface area (Å²) in [5.41, 5.74) is 0.522. The van der Waals surface area contributed by atoms with Gasteiger partial charge in [0.15, 0.2) is 5.78 Å². The number of rotatable bonds is 2. The molecule has 0 spiro atoms. The monoisotopic (exact) mass is 217 g/mol. The largest absolute Gasteiger partial charge is 0.311 e. The van der Waals surface area contributed by atoms with Crippen LogP contribution in [-0.2, 0) is 0 Å². The number of Topliss-reactive ketones (excluding diaryl/α,β-unsaturated/α-hetero) is 1. The van der Waals surface area contributed by atoms with E-state index in [1.54, 1.807) is 18.6 Å². The Kier molecular flexibility index (Phi) is 2.44. The van der Waals surface area contributed by atoms with Gasteiger partial charge in [-0.15, -0.1) is 0 Å². The minimum absolute atomic E-state index is 0.149. The van der Waals surface area contributed by atoms with Crippen molar-refractivity contribution in [2.24, 2.45) is 5.92 Å². The summed E-state index contributed by atoms with van der Waals surface area (Å²) >= 11 is 0. The van der Waals surface area contributed by atoms with Crippen molar-refractivity contribution in [2.75, 3.05) is 0 Å². The van der Waals surface area contributed by atoms with Crippen molar-refractivity contribution in [3.63, 3.8) is 0 Å². The highest BCUT2D eigenvalue weighted by molar-refractivity contribution is 5.95. The lowest BCUT2D eigenvalue weighted by atomic mass is 9.88. The topological polar surface area (TPSA) is 54.9 Å². The number of aromatic nitrogens is 2.